The van der Waals surface area contributed by atoms with Crippen molar-refractivity contribution in [2.45, 2.75) is 26.4 Å². The maximum atomic E-state index is 5.33. The van der Waals surface area contributed by atoms with Gasteiger partial charge in [0.1, 0.15) is 0 Å². The molecule has 0 amide bonds. The SMILES string of the molecule is CCC(OC)c1nc(C)ccc1Br. The van der Waals surface area contributed by atoms with Gasteiger partial charge in [-0.15, -0.1) is 0 Å². The molecular weight excluding hydrogens is 230 g/mol. The molecule has 72 valence electrons. The molecule has 0 aliphatic carbocycles. The van der Waals surface area contributed by atoms with E-state index in [1.54, 1.807) is 7.11 Å². The number of methoxy groups -OCH3 is 1. The van der Waals surface area contributed by atoms with Crippen molar-refractivity contribution in [1.29, 1.82) is 0 Å². The van der Waals surface area contributed by atoms with Crippen LogP contribution in [0.1, 0.15) is 30.8 Å². The van der Waals surface area contributed by atoms with Crippen LogP contribution in [0.2, 0.25) is 0 Å². The zero-order chi connectivity index (χ0) is 9.84. The lowest BCUT2D eigenvalue weighted by Gasteiger charge is -2.14. The monoisotopic (exact) mass is 243 g/mol. The molecule has 1 rings (SSSR count). The van der Waals surface area contributed by atoms with E-state index in [0.29, 0.717) is 0 Å². The molecule has 1 unspecified atom stereocenters. The summed E-state index contributed by atoms with van der Waals surface area (Å²) in [6.07, 6.45) is 1.03. The maximum Gasteiger partial charge on any atom is 0.0999 e. The predicted molar refractivity (Wildman–Crippen MR) is 56.7 cm³/mol. The van der Waals surface area contributed by atoms with Crippen LogP contribution in [0, 0.1) is 6.92 Å². The van der Waals surface area contributed by atoms with Crippen LogP contribution < -0.4 is 0 Å². The van der Waals surface area contributed by atoms with Crippen LogP contribution in [0.15, 0.2) is 16.6 Å². The molecule has 1 atom stereocenters. The van der Waals surface area contributed by atoms with Gasteiger partial charge in [0.25, 0.3) is 0 Å². The molecule has 0 aliphatic heterocycles. The number of pyridine rings is 1. The molecule has 0 radical (unpaired) electrons. The Morgan fingerprint density at radius 1 is 1.54 bits per heavy atom. The molecule has 0 bridgehead atoms. The zero-order valence-corrected chi connectivity index (χ0v) is 9.76. The summed E-state index contributed by atoms with van der Waals surface area (Å²) in [5, 5.41) is 0. The molecule has 0 N–H and O–H groups in total. The van der Waals surface area contributed by atoms with Crippen molar-refractivity contribution in [2.24, 2.45) is 0 Å². The Hall–Kier alpha value is -0.410. The molecule has 3 heteroatoms. The first-order valence-electron chi connectivity index (χ1n) is 4.34. The summed E-state index contributed by atoms with van der Waals surface area (Å²) >= 11 is 3.47. The fourth-order valence-electron chi connectivity index (χ4n) is 1.26. The number of hydrogen-bond acceptors (Lipinski definition) is 2. The van der Waals surface area contributed by atoms with E-state index in [-0.39, 0.29) is 6.10 Å². The highest BCUT2D eigenvalue weighted by Gasteiger charge is 2.12. The summed E-state index contributed by atoms with van der Waals surface area (Å²) in [5.74, 6) is 0. The van der Waals surface area contributed by atoms with Gasteiger partial charge in [-0.3, -0.25) is 4.98 Å². The van der Waals surface area contributed by atoms with Crippen LogP contribution in [0.4, 0.5) is 0 Å². The number of nitrogens with zero attached hydrogens (tertiary/aromatic N) is 1. The second-order valence-corrected chi connectivity index (χ2v) is 3.81. The van der Waals surface area contributed by atoms with E-state index < -0.39 is 0 Å². The third-order valence-electron chi connectivity index (χ3n) is 1.97. The number of rotatable bonds is 3. The lowest BCUT2D eigenvalue weighted by atomic mass is 10.2. The number of hydrogen-bond donors (Lipinski definition) is 0. The van der Waals surface area contributed by atoms with E-state index in [0.717, 1.165) is 22.3 Å². The first-order chi connectivity index (χ1) is 6.19. The average molecular weight is 244 g/mol. The summed E-state index contributed by atoms with van der Waals surface area (Å²) in [6.45, 7) is 4.07. The van der Waals surface area contributed by atoms with Gasteiger partial charge in [-0.1, -0.05) is 6.92 Å². The van der Waals surface area contributed by atoms with E-state index in [9.17, 15) is 0 Å². The third kappa shape index (κ3) is 2.51. The molecule has 13 heavy (non-hydrogen) atoms. The van der Waals surface area contributed by atoms with E-state index in [2.05, 4.69) is 27.8 Å². The van der Waals surface area contributed by atoms with Crippen LogP contribution in [0.25, 0.3) is 0 Å². The molecule has 0 aliphatic rings. The smallest absolute Gasteiger partial charge is 0.0999 e. The van der Waals surface area contributed by atoms with Crippen LogP contribution in [0.5, 0.6) is 0 Å². The fraction of sp³-hybridized carbons (Fsp3) is 0.500. The van der Waals surface area contributed by atoms with Crippen molar-refractivity contribution in [2.75, 3.05) is 7.11 Å². The van der Waals surface area contributed by atoms with Gasteiger partial charge in [-0.2, -0.15) is 0 Å². The summed E-state index contributed by atoms with van der Waals surface area (Å²) in [7, 11) is 1.71. The van der Waals surface area contributed by atoms with Crippen molar-refractivity contribution in [3.8, 4) is 0 Å². The first-order valence-corrected chi connectivity index (χ1v) is 5.14. The summed E-state index contributed by atoms with van der Waals surface area (Å²) < 4.78 is 6.35. The lowest BCUT2D eigenvalue weighted by molar-refractivity contribution is 0.0957. The van der Waals surface area contributed by atoms with E-state index in [4.69, 9.17) is 4.74 Å². The molecule has 0 saturated heterocycles. The Morgan fingerprint density at radius 2 is 2.23 bits per heavy atom. The molecule has 0 fully saturated rings. The third-order valence-corrected chi connectivity index (χ3v) is 2.64. The van der Waals surface area contributed by atoms with Crippen molar-refractivity contribution in [3.63, 3.8) is 0 Å². The van der Waals surface area contributed by atoms with E-state index >= 15 is 0 Å². The summed E-state index contributed by atoms with van der Waals surface area (Å²) in [5.41, 5.74) is 2.01. The molecule has 1 aromatic rings. The van der Waals surface area contributed by atoms with Gasteiger partial charge in [-0.05, 0) is 41.4 Å². The molecule has 0 saturated carbocycles. The van der Waals surface area contributed by atoms with Gasteiger partial charge in [-0.25, -0.2) is 0 Å². The Bertz CT molecular complexity index is 284. The van der Waals surface area contributed by atoms with Crippen molar-refractivity contribution >= 4 is 15.9 Å². The highest BCUT2D eigenvalue weighted by Crippen LogP contribution is 2.26. The Kier molecular flexibility index (Phi) is 3.88. The minimum Gasteiger partial charge on any atom is -0.375 e. The van der Waals surface area contributed by atoms with E-state index in [1.165, 1.54) is 0 Å². The molecule has 0 spiro atoms. The largest absolute Gasteiger partial charge is 0.375 e. The second kappa shape index (κ2) is 4.72. The van der Waals surface area contributed by atoms with Gasteiger partial charge < -0.3 is 4.74 Å². The highest BCUT2D eigenvalue weighted by atomic mass is 79.9. The average Bonchev–Trinajstić information content (AvgIpc) is 2.13. The van der Waals surface area contributed by atoms with Gasteiger partial charge in [0.15, 0.2) is 0 Å². The molecule has 2 nitrogen and oxygen atoms in total. The minimum atomic E-state index is 0.0919. The van der Waals surface area contributed by atoms with Crippen LogP contribution in [-0.2, 0) is 4.74 Å². The Labute approximate surface area is 87.5 Å². The minimum absolute atomic E-state index is 0.0919. The number of ether oxygens (including phenoxy) is 1. The van der Waals surface area contributed by atoms with Crippen LogP contribution in [0.3, 0.4) is 0 Å². The maximum absolute atomic E-state index is 5.33. The fourth-order valence-corrected chi connectivity index (χ4v) is 1.73. The van der Waals surface area contributed by atoms with Gasteiger partial charge in [0.05, 0.1) is 11.8 Å². The highest BCUT2D eigenvalue weighted by molar-refractivity contribution is 9.10. The van der Waals surface area contributed by atoms with E-state index in [1.807, 2.05) is 19.1 Å². The number of halogens is 1. The normalized spacial score (nSPS) is 12.9. The van der Waals surface area contributed by atoms with Gasteiger partial charge >= 0.3 is 0 Å². The molecule has 1 heterocycles. The molecular formula is C10H14BrNO. The Balaban J connectivity index is 3.03. The number of aromatic nitrogens is 1. The second-order valence-electron chi connectivity index (χ2n) is 2.95. The quantitative estimate of drug-likeness (QED) is 0.814. The summed E-state index contributed by atoms with van der Waals surface area (Å²) in [4.78, 5) is 4.44. The molecule has 0 aromatic carbocycles. The lowest BCUT2D eigenvalue weighted by Crippen LogP contribution is -2.04. The van der Waals surface area contributed by atoms with Crippen molar-refractivity contribution < 1.29 is 4.74 Å². The Morgan fingerprint density at radius 3 is 2.77 bits per heavy atom. The van der Waals surface area contributed by atoms with Crippen molar-refractivity contribution in [3.05, 3.63) is 28.0 Å². The number of aryl methyl sites for hydroxylation is 1. The van der Waals surface area contributed by atoms with Crippen LogP contribution >= 0.6 is 15.9 Å². The standard InChI is InChI=1S/C10H14BrNO/c1-4-9(13-3)10-8(11)6-5-7(2)12-10/h5-6,9H,4H2,1-3H3. The van der Waals surface area contributed by atoms with Crippen LogP contribution in [-0.4, -0.2) is 12.1 Å². The van der Waals surface area contributed by atoms with Gasteiger partial charge in [0.2, 0.25) is 0 Å². The van der Waals surface area contributed by atoms with Gasteiger partial charge in [0, 0.05) is 17.3 Å². The topological polar surface area (TPSA) is 22.1 Å². The molecule has 1 aromatic heterocycles. The zero-order valence-electron chi connectivity index (χ0n) is 8.17. The predicted octanol–water partition coefficient (Wildman–Crippen LogP) is 3.25. The first kappa shape index (κ1) is 10.7. The summed E-state index contributed by atoms with van der Waals surface area (Å²) in [6, 6.07) is 4.00. The van der Waals surface area contributed by atoms with Crippen molar-refractivity contribution in [1.82, 2.24) is 4.98 Å².